The zero-order chi connectivity index (χ0) is 13.8. The molecule has 1 aliphatic rings. The number of rotatable bonds is 5. The largest absolute Gasteiger partial charge is 0.433 e. The normalized spacial score (nSPS) is 16.0. The Bertz CT molecular complexity index is 450. The molecule has 2 rings (SSSR count). The minimum absolute atomic E-state index is 0.0493. The fourth-order valence-corrected chi connectivity index (χ4v) is 1.85. The molecule has 4 nitrogen and oxygen atoms in total. The smallest absolute Gasteiger partial charge is 0.387 e. The first-order valence-electron chi connectivity index (χ1n) is 6.17. The van der Waals surface area contributed by atoms with Gasteiger partial charge in [-0.15, -0.1) is 0 Å². The van der Waals surface area contributed by atoms with Gasteiger partial charge < -0.3 is 15.4 Å². The maximum Gasteiger partial charge on any atom is 0.387 e. The number of benzene rings is 1. The highest BCUT2D eigenvalue weighted by molar-refractivity contribution is 5.91. The molecule has 0 aliphatic heterocycles. The summed E-state index contributed by atoms with van der Waals surface area (Å²) in [5.74, 6) is 0.477. The van der Waals surface area contributed by atoms with Crippen molar-refractivity contribution in [2.75, 3.05) is 5.32 Å². The third-order valence-electron chi connectivity index (χ3n) is 3.04. The highest BCUT2D eigenvalue weighted by Gasteiger charge is 2.29. The molecule has 1 aliphatic carbocycles. The summed E-state index contributed by atoms with van der Waals surface area (Å²) in [6, 6.07) is 5.77. The van der Waals surface area contributed by atoms with Gasteiger partial charge in [-0.25, -0.2) is 4.79 Å². The van der Waals surface area contributed by atoms with Crippen LogP contribution in [0.1, 0.15) is 19.8 Å². The van der Waals surface area contributed by atoms with Crippen molar-refractivity contribution in [3.05, 3.63) is 24.3 Å². The quantitative estimate of drug-likeness (QED) is 0.863. The van der Waals surface area contributed by atoms with Gasteiger partial charge in [0.05, 0.1) is 5.69 Å². The van der Waals surface area contributed by atoms with Crippen LogP contribution in [0.5, 0.6) is 5.75 Å². The van der Waals surface area contributed by atoms with E-state index in [0.29, 0.717) is 5.92 Å². The molecule has 104 valence electrons. The third-order valence-corrected chi connectivity index (χ3v) is 3.04. The van der Waals surface area contributed by atoms with E-state index in [-0.39, 0.29) is 17.5 Å². The van der Waals surface area contributed by atoms with E-state index in [4.69, 9.17) is 0 Å². The number of amides is 2. The lowest BCUT2D eigenvalue weighted by molar-refractivity contribution is -0.0493. The molecule has 1 saturated carbocycles. The molecule has 0 aromatic heterocycles. The SMILES string of the molecule is CC(NC(=O)Nc1ccccc1OC(F)F)C1CC1. The van der Waals surface area contributed by atoms with Crippen LogP contribution in [0.2, 0.25) is 0 Å². The Morgan fingerprint density at radius 1 is 1.37 bits per heavy atom. The van der Waals surface area contributed by atoms with Gasteiger partial charge in [-0.1, -0.05) is 12.1 Å². The molecule has 0 heterocycles. The zero-order valence-electron chi connectivity index (χ0n) is 10.5. The second-order valence-corrected chi connectivity index (χ2v) is 4.60. The summed E-state index contributed by atoms with van der Waals surface area (Å²) in [6.07, 6.45) is 2.24. The van der Waals surface area contributed by atoms with Crippen LogP contribution in [-0.4, -0.2) is 18.7 Å². The summed E-state index contributed by atoms with van der Waals surface area (Å²) < 4.78 is 28.8. The number of alkyl halides is 2. The number of urea groups is 1. The molecule has 1 fully saturated rings. The van der Waals surface area contributed by atoms with Crippen LogP contribution in [-0.2, 0) is 0 Å². The van der Waals surface area contributed by atoms with Crippen molar-refractivity contribution in [3.8, 4) is 5.75 Å². The summed E-state index contributed by atoms with van der Waals surface area (Å²) in [5, 5.41) is 5.30. The van der Waals surface area contributed by atoms with Gasteiger partial charge in [0.25, 0.3) is 0 Å². The summed E-state index contributed by atoms with van der Waals surface area (Å²) in [6.45, 7) is -0.991. The van der Waals surface area contributed by atoms with E-state index in [9.17, 15) is 13.6 Å². The van der Waals surface area contributed by atoms with Crippen molar-refractivity contribution >= 4 is 11.7 Å². The molecule has 2 amide bonds. The van der Waals surface area contributed by atoms with E-state index in [0.717, 1.165) is 12.8 Å². The van der Waals surface area contributed by atoms with Crippen LogP contribution in [0.25, 0.3) is 0 Å². The average Bonchev–Trinajstić information content (AvgIpc) is 3.14. The lowest BCUT2D eigenvalue weighted by atomic mass is 10.2. The van der Waals surface area contributed by atoms with Crippen molar-refractivity contribution in [1.82, 2.24) is 5.32 Å². The molecule has 1 unspecified atom stereocenters. The summed E-state index contributed by atoms with van der Waals surface area (Å²) in [4.78, 5) is 11.7. The minimum atomic E-state index is -2.92. The number of ether oxygens (including phenoxy) is 1. The highest BCUT2D eigenvalue weighted by Crippen LogP contribution is 2.32. The number of carbonyl (C=O) groups excluding carboxylic acids is 1. The Hall–Kier alpha value is -1.85. The Morgan fingerprint density at radius 3 is 2.68 bits per heavy atom. The predicted octanol–water partition coefficient (Wildman–Crippen LogP) is 3.21. The molecule has 6 heteroatoms. The first-order chi connectivity index (χ1) is 9.06. The van der Waals surface area contributed by atoms with Crippen LogP contribution < -0.4 is 15.4 Å². The molecule has 19 heavy (non-hydrogen) atoms. The van der Waals surface area contributed by atoms with Crippen LogP contribution in [0.4, 0.5) is 19.3 Å². The van der Waals surface area contributed by atoms with Crippen LogP contribution in [0, 0.1) is 5.92 Å². The van der Waals surface area contributed by atoms with Gasteiger partial charge in [-0.2, -0.15) is 8.78 Å². The van der Waals surface area contributed by atoms with E-state index in [1.165, 1.54) is 12.1 Å². The van der Waals surface area contributed by atoms with Crippen molar-refractivity contribution in [3.63, 3.8) is 0 Å². The van der Waals surface area contributed by atoms with Crippen molar-refractivity contribution in [2.45, 2.75) is 32.4 Å². The van der Waals surface area contributed by atoms with Gasteiger partial charge in [0.15, 0.2) is 0 Å². The first kappa shape index (κ1) is 13.6. The Balaban J connectivity index is 1.95. The van der Waals surface area contributed by atoms with Crippen LogP contribution in [0.3, 0.4) is 0 Å². The Labute approximate surface area is 110 Å². The van der Waals surface area contributed by atoms with Crippen molar-refractivity contribution in [2.24, 2.45) is 5.92 Å². The number of halogens is 2. The van der Waals surface area contributed by atoms with Gasteiger partial charge in [-0.05, 0) is 37.8 Å². The Kier molecular flexibility index (Phi) is 4.19. The first-order valence-corrected chi connectivity index (χ1v) is 6.17. The fourth-order valence-electron chi connectivity index (χ4n) is 1.85. The molecule has 0 radical (unpaired) electrons. The number of anilines is 1. The monoisotopic (exact) mass is 270 g/mol. The molecule has 1 aromatic rings. The molecular formula is C13H16F2N2O2. The van der Waals surface area contributed by atoms with Gasteiger partial charge >= 0.3 is 12.6 Å². The second kappa shape index (κ2) is 5.86. The number of hydrogen-bond acceptors (Lipinski definition) is 2. The van der Waals surface area contributed by atoms with Gasteiger partial charge in [-0.3, -0.25) is 0 Å². The summed E-state index contributed by atoms with van der Waals surface area (Å²) in [7, 11) is 0. The molecule has 0 spiro atoms. The summed E-state index contributed by atoms with van der Waals surface area (Å²) in [5.41, 5.74) is 0.225. The number of hydrogen-bond donors (Lipinski definition) is 2. The second-order valence-electron chi connectivity index (χ2n) is 4.60. The van der Waals surface area contributed by atoms with Gasteiger partial charge in [0.1, 0.15) is 5.75 Å². The fraction of sp³-hybridized carbons (Fsp3) is 0.462. The van der Waals surface area contributed by atoms with Crippen LogP contribution >= 0.6 is 0 Å². The number of carbonyl (C=O) groups is 1. The van der Waals surface area contributed by atoms with E-state index in [1.807, 2.05) is 6.92 Å². The lowest BCUT2D eigenvalue weighted by Crippen LogP contribution is -2.37. The van der Waals surface area contributed by atoms with E-state index >= 15 is 0 Å². The van der Waals surface area contributed by atoms with Crippen LogP contribution in [0.15, 0.2) is 24.3 Å². The third kappa shape index (κ3) is 4.08. The van der Waals surface area contributed by atoms with E-state index in [1.54, 1.807) is 12.1 Å². The maximum absolute atomic E-state index is 12.2. The van der Waals surface area contributed by atoms with Gasteiger partial charge in [0.2, 0.25) is 0 Å². The maximum atomic E-state index is 12.2. The van der Waals surface area contributed by atoms with Crippen molar-refractivity contribution in [1.29, 1.82) is 0 Å². The molecule has 1 atom stereocenters. The topological polar surface area (TPSA) is 50.4 Å². The van der Waals surface area contributed by atoms with Crippen molar-refractivity contribution < 1.29 is 18.3 Å². The van der Waals surface area contributed by atoms with Gasteiger partial charge in [0, 0.05) is 6.04 Å². The molecule has 2 N–H and O–H groups in total. The lowest BCUT2D eigenvalue weighted by Gasteiger charge is -2.15. The predicted molar refractivity (Wildman–Crippen MR) is 67.4 cm³/mol. The molecular weight excluding hydrogens is 254 g/mol. The average molecular weight is 270 g/mol. The Morgan fingerprint density at radius 2 is 2.05 bits per heavy atom. The van der Waals surface area contributed by atoms with E-state index in [2.05, 4.69) is 15.4 Å². The molecule has 0 saturated heterocycles. The van der Waals surface area contributed by atoms with E-state index < -0.39 is 12.6 Å². The number of nitrogens with one attached hydrogen (secondary N) is 2. The minimum Gasteiger partial charge on any atom is -0.433 e. The molecule has 1 aromatic carbocycles. The summed E-state index contributed by atoms with van der Waals surface area (Å²) >= 11 is 0. The standard InChI is InChI=1S/C13H16F2N2O2/c1-8(9-6-7-9)16-13(18)17-10-4-2-3-5-11(10)19-12(14)15/h2-5,8-9,12H,6-7H2,1H3,(H2,16,17,18). The number of para-hydroxylation sites is 2. The zero-order valence-corrected chi connectivity index (χ0v) is 10.5. The highest BCUT2D eigenvalue weighted by atomic mass is 19.3. The molecule has 0 bridgehead atoms.